The quantitative estimate of drug-likeness (QED) is 0.494. The first kappa shape index (κ1) is 21.2. The van der Waals surface area contributed by atoms with E-state index in [0.29, 0.717) is 11.8 Å². The van der Waals surface area contributed by atoms with E-state index in [4.69, 9.17) is 4.74 Å². The molecule has 0 bridgehead atoms. The Hall–Kier alpha value is -1.68. The third-order valence-corrected chi connectivity index (χ3v) is 8.91. The lowest BCUT2D eigenvalue weighted by Crippen LogP contribution is -2.50. The highest BCUT2D eigenvalue weighted by Crippen LogP contribution is 2.30. The Bertz CT molecular complexity index is 960. The van der Waals surface area contributed by atoms with Gasteiger partial charge in [0.15, 0.2) is 4.34 Å². The molecule has 9 heteroatoms. The fraction of sp³-hybridized carbons (Fsp3) is 0.500. The Morgan fingerprint density at radius 1 is 1.13 bits per heavy atom. The van der Waals surface area contributed by atoms with Crippen LogP contribution in [0.4, 0.5) is 0 Å². The number of hydrogen-bond acceptors (Lipinski definition) is 8. The third-order valence-electron chi connectivity index (χ3n) is 6.08. The molecule has 1 amide bonds. The maximum Gasteiger partial charge on any atom is 0.273 e. The summed E-state index contributed by atoms with van der Waals surface area (Å²) < 4.78 is 8.14. The zero-order valence-corrected chi connectivity index (χ0v) is 19.8. The number of benzene rings is 1. The normalized spacial score (nSPS) is 19.2. The highest BCUT2D eigenvalue weighted by molar-refractivity contribution is 8.01. The SMILES string of the molecule is O=C(CSc1nc2ccccc2s1)N1CCC(N2CCC(Oc3nccs3)CC2)CC1. The van der Waals surface area contributed by atoms with Gasteiger partial charge in [0.25, 0.3) is 5.19 Å². The van der Waals surface area contributed by atoms with Gasteiger partial charge in [-0.15, -0.1) is 11.3 Å². The number of piperidine rings is 2. The van der Waals surface area contributed by atoms with Crippen molar-refractivity contribution in [1.29, 1.82) is 0 Å². The number of hydrogen-bond donors (Lipinski definition) is 0. The monoisotopic (exact) mass is 474 g/mol. The van der Waals surface area contributed by atoms with Crippen LogP contribution in [0.5, 0.6) is 5.19 Å². The number of aromatic nitrogens is 2. The number of para-hydroxylation sites is 1. The lowest BCUT2D eigenvalue weighted by Gasteiger charge is -2.41. The second-order valence-corrected chi connectivity index (χ2v) is 11.1. The van der Waals surface area contributed by atoms with Crippen molar-refractivity contribution in [2.75, 3.05) is 31.9 Å². The first-order chi connectivity index (χ1) is 15.2. The highest BCUT2D eigenvalue weighted by Gasteiger charge is 2.30. The van der Waals surface area contributed by atoms with Crippen LogP contribution in [0.1, 0.15) is 25.7 Å². The fourth-order valence-electron chi connectivity index (χ4n) is 4.38. The summed E-state index contributed by atoms with van der Waals surface area (Å²) >= 11 is 4.80. The number of thiazole rings is 2. The van der Waals surface area contributed by atoms with E-state index < -0.39 is 0 Å². The molecule has 0 saturated carbocycles. The molecule has 5 rings (SSSR count). The average Bonchev–Trinajstić information content (AvgIpc) is 3.47. The van der Waals surface area contributed by atoms with E-state index >= 15 is 0 Å². The van der Waals surface area contributed by atoms with Crippen molar-refractivity contribution in [2.45, 2.75) is 42.2 Å². The Morgan fingerprint density at radius 2 is 1.94 bits per heavy atom. The van der Waals surface area contributed by atoms with Crippen LogP contribution >= 0.6 is 34.4 Å². The van der Waals surface area contributed by atoms with Gasteiger partial charge in [0, 0.05) is 43.8 Å². The van der Waals surface area contributed by atoms with Crippen molar-refractivity contribution >= 4 is 50.6 Å². The number of amides is 1. The number of fused-ring (bicyclic) bond motifs is 1. The second kappa shape index (κ2) is 9.85. The molecule has 0 spiro atoms. The number of thioether (sulfide) groups is 1. The number of carbonyl (C=O) groups excluding carboxylic acids is 1. The number of likely N-dealkylation sites (tertiary alicyclic amines) is 2. The van der Waals surface area contributed by atoms with Crippen LogP contribution in [0.25, 0.3) is 10.2 Å². The van der Waals surface area contributed by atoms with Gasteiger partial charge >= 0.3 is 0 Å². The summed E-state index contributed by atoms with van der Waals surface area (Å²) in [5.74, 6) is 0.711. The van der Waals surface area contributed by atoms with Crippen molar-refractivity contribution in [3.05, 3.63) is 35.8 Å². The van der Waals surface area contributed by atoms with Gasteiger partial charge in [-0.25, -0.2) is 9.97 Å². The Kier molecular flexibility index (Phi) is 6.73. The van der Waals surface area contributed by atoms with Crippen LogP contribution in [0.15, 0.2) is 40.2 Å². The predicted octanol–water partition coefficient (Wildman–Crippen LogP) is 4.38. The number of nitrogens with zero attached hydrogens (tertiary/aromatic N) is 4. The van der Waals surface area contributed by atoms with Crippen LogP contribution in [-0.2, 0) is 4.79 Å². The molecule has 2 saturated heterocycles. The van der Waals surface area contributed by atoms with Crippen LogP contribution in [0.3, 0.4) is 0 Å². The summed E-state index contributed by atoms with van der Waals surface area (Å²) in [6.07, 6.45) is 6.31. The van der Waals surface area contributed by atoms with Crippen LogP contribution in [-0.4, -0.2) is 69.8 Å². The summed E-state index contributed by atoms with van der Waals surface area (Å²) in [6.45, 7) is 3.86. The number of ether oxygens (including phenoxy) is 1. The molecule has 3 aromatic rings. The summed E-state index contributed by atoms with van der Waals surface area (Å²) in [4.78, 5) is 26.2. The standard InChI is InChI=1S/C22H26N4O2S3/c27-20(15-30-22-24-18-3-1-2-4-19(18)31-22)26-10-5-16(6-11-26)25-12-7-17(8-13-25)28-21-23-9-14-29-21/h1-4,9,14,16-17H,5-8,10-13,15H2. The van der Waals surface area contributed by atoms with E-state index in [9.17, 15) is 4.79 Å². The van der Waals surface area contributed by atoms with E-state index in [1.807, 2.05) is 28.5 Å². The molecule has 4 heterocycles. The van der Waals surface area contributed by atoms with Crippen molar-refractivity contribution in [2.24, 2.45) is 0 Å². The van der Waals surface area contributed by atoms with E-state index in [-0.39, 0.29) is 12.0 Å². The van der Waals surface area contributed by atoms with Crippen molar-refractivity contribution in [3.8, 4) is 5.19 Å². The van der Waals surface area contributed by atoms with Gasteiger partial charge in [0.2, 0.25) is 5.91 Å². The molecule has 31 heavy (non-hydrogen) atoms. The minimum atomic E-state index is 0.235. The minimum absolute atomic E-state index is 0.235. The lowest BCUT2D eigenvalue weighted by atomic mass is 9.99. The van der Waals surface area contributed by atoms with Crippen molar-refractivity contribution in [3.63, 3.8) is 0 Å². The molecule has 0 atom stereocenters. The van der Waals surface area contributed by atoms with Crippen LogP contribution in [0.2, 0.25) is 0 Å². The Morgan fingerprint density at radius 3 is 2.68 bits per heavy atom. The first-order valence-electron chi connectivity index (χ1n) is 10.8. The summed E-state index contributed by atoms with van der Waals surface area (Å²) in [7, 11) is 0. The van der Waals surface area contributed by atoms with Gasteiger partial charge in [-0.2, -0.15) is 0 Å². The number of rotatable bonds is 6. The van der Waals surface area contributed by atoms with Gasteiger partial charge < -0.3 is 9.64 Å². The van der Waals surface area contributed by atoms with E-state index in [0.717, 1.165) is 66.9 Å². The molecule has 2 aliphatic rings. The fourth-order valence-corrected chi connectivity index (χ4v) is 6.90. The smallest absolute Gasteiger partial charge is 0.273 e. The van der Waals surface area contributed by atoms with Crippen molar-refractivity contribution in [1.82, 2.24) is 19.8 Å². The molecule has 2 aromatic heterocycles. The van der Waals surface area contributed by atoms with Gasteiger partial charge in [-0.05, 0) is 37.8 Å². The number of carbonyl (C=O) groups is 1. The molecule has 2 aliphatic heterocycles. The molecule has 0 aliphatic carbocycles. The van der Waals surface area contributed by atoms with E-state index in [2.05, 4.69) is 20.9 Å². The Balaban J connectivity index is 1.04. The molecule has 0 unspecified atom stereocenters. The topological polar surface area (TPSA) is 58.6 Å². The van der Waals surface area contributed by atoms with E-state index in [1.165, 1.54) is 4.70 Å². The minimum Gasteiger partial charge on any atom is -0.467 e. The second-order valence-electron chi connectivity index (χ2n) is 8.00. The van der Waals surface area contributed by atoms with Gasteiger partial charge in [0.1, 0.15) is 6.10 Å². The molecule has 6 nitrogen and oxygen atoms in total. The maximum atomic E-state index is 12.7. The molecule has 0 N–H and O–H groups in total. The zero-order valence-electron chi connectivity index (χ0n) is 17.3. The zero-order chi connectivity index (χ0) is 21.0. The van der Waals surface area contributed by atoms with Crippen LogP contribution in [0, 0.1) is 0 Å². The average molecular weight is 475 g/mol. The van der Waals surface area contributed by atoms with E-state index in [1.54, 1.807) is 40.6 Å². The first-order valence-corrected chi connectivity index (χ1v) is 13.5. The molecule has 164 valence electrons. The van der Waals surface area contributed by atoms with Gasteiger partial charge in [0.05, 0.1) is 16.0 Å². The maximum absolute atomic E-state index is 12.7. The Labute approximate surface area is 194 Å². The molecule has 0 radical (unpaired) electrons. The summed E-state index contributed by atoms with van der Waals surface area (Å²) in [5, 5.41) is 2.74. The largest absolute Gasteiger partial charge is 0.467 e. The molecule has 1 aromatic carbocycles. The summed E-state index contributed by atoms with van der Waals surface area (Å²) in [5.41, 5.74) is 1.02. The van der Waals surface area contributed by atoms with Gasteiger partial charge in [-0.1, -0.05) is 35.2 Å². The predicted molar refractivity (Wildman–Crippen MR) is 127 cm³/mol. The van der Waals surface area contributed by atoms with Crippen molar-refractivity contribution < 1.29 is 9.53 Å². The highest BCUT2D eigenvalue weighted by atomic mass is 32.2. The summed E-state index contributed by atoms with van der Waals surface area (Å²) in [6, 6.07) is 8.72. The van der Waals surface area contributed by atoms with Gasteiger partial charge in [-0.3, -0.25) is 9.69 Å². The molecular formula is C22H26N4O2S3. The molecular weight excluding hydrogens is 448 g/mol. The van der Waals surface area contributed by atoms with Crippen LogP contribution < -0.4 is 4.74 Å². The third kappa shape index (κ3) is 5.22. The lowest BCUT2D eigenvalue weighted by molar-refractivity contribution is -0.130. The molecule has 2 fully saturated rings.